The molecule has 1 saturated carbocycles. The van der Waals surface area contributed by atoms with Gasteiger partial charge in [-0.3, -0.25) is 0 Å². The van der Waals surface area contributed by atoms with Crippen LogP contribution < -0.4 is 0 Å². The van der Waals surface area contributed by atoms with Gasteiger partial charge in [0.25, 0.3) is 5.89 Å². The Kier molecular flexibility index (Phi) is 3.46. The van der Waals surface area contributed by atoms with Crippen LogP contribution in [0.5, 0.6) is 0 Å². The van der Waals surface area contributed by atoms with Gasteiger partial charge in [0, 0.05) is 11.6 Å². The lowest BCUT2D eigenvalue weighted by atomic mass is 9.97. The van der Waals surface area contributed by atoms with Crippen molar-refractivity contribution in [1.29, 1.82) is 0 Å². The minimum Gasteiger partial charge on any atom is -0.361 e. The van der Waals surface area contributed by atoms with Crippen molar-refractivity contribution in [3.05, 3.63) is 53.7 Å². The highest BCUT2D eigenvalue weighted by Gasteiger charge is 2.17. The van der Waals surface area contributed by atoms with Crippen molar-refractivity contribution in [2.75, 3.05) is 0 Å². The maximum Gasteiger partial charge on any atom is 0.257 e. The minimum atomic E-state index is 0.490. The van der Waals surface area contributed by atoms with Crippen molar-refractivity contribution >= 4 is 0 Å². The number of nitrogens with zero attached hydrogens (tertiary/aromatic N) is 3. The third kappa shape index (κ3) is 2.66. The standard InChI is InChI=1S/C17H17N3O2/c1-2-4-12(3-1)13-5-7-14(8-6-13)17-19-16(20-22-17)11-15-9-10-18-21-15/h5-10,12H,1-4,11H2. The average molecular weight is 295 g/mol. The Bertz CT molecular complexity index is 726. The van der Waals surface area contributed by atoms with Gasteiger partial charge in [0.15, 0.2) is 5.82 Å². The molecule has 0 unspecified atom stereocenters. The van der Waals surface area contributed by atoms with Crippen LogP contribution in [0.25, 0.3) is 11.5 Å². The van der Waals surface area contributed by atoms with Gasteiger partial charge in [-0.2, -0.15) is 4.98 Å². The second-order valence-electron chi connectivity index (χ2n) is 5.77. The van der Waals surface area contributed by atoms with E-state index >= 15 is 0 Å². The zero-order valence-electron chi connectivity index (χ0n) is 12.2. The summed E-state index contributed by atoms with van der Waals surface area (Å²) in [5.41, 5.74) is 2.38. The fourth-order valence-corrected chi connectivity index (χ4v) is 3.09. The van der Waals surface area contributed by atoms with Gasteiger partial charge < -0.3 is 9.05 Å². The molecule has 112 valence electrons. The van der Waals surface area contributed by atoms with Crippen LogP contribution in [0.3, 0.4) is 0 Å². The quantitative estimate of drug-likeness (QED) is 0.728. The van der Waals surface area contributed by atoms with Gasteiger partial charge in [-0.1, -0.05) is 35.3 Å². The van der Waals surface area contributed by atoms with Crippen molar-refractivity contribution in [3.8, 4) is 11.5 Å². The lowest BCUT2D eigenvalue weighted by Crippen LogP contribution is -1.92. The van der Waals surface area contributed by atoms with Crippen LogP contribution in [0, 0.1) is 0 Å². The molecule has 0 N–H and O–H groups in total. The molecule has 0 saturated heterocycles. The molecule has 2 heterocycles. The molecule has 4 rings (SSSR count). The molecule has 0 atom stereocenters. The van der Waals surface area contributed by atoms with Gasteiger partial charge in [0.1, 0.15) is 5.76 Å². The van der Waals surface area contributed by atoms with Crippen LogP contribution >= 0.6 is 0 Å². The molecule has 1 aliphatic rings. The fraction of sp³-hybridized carbons (Fsp3) is 0.353. The maximum atomic E-state index is 5.34. The summed E-state index contributed by atoms with van der Waals surface area (Å²) < 4.78 is 10.4. The molecule has 0 radical (unpaired) electrons. The van der Waals surface area contributed by atoms with Crippen molar-refractivity contribution in [2.45, 2.75) is 38.0 Å². The van der Waals surface area contributed by atoms with E-state index in [-0.39, 0.29) is 0 Å². The zero-order chi connectivity index (χ0) is 14.8. The predicted molar refractivity (Wildman–Crippen MR) is 80.3 cm³/mol. The molecular formula is C17H17N3O2. The molecule has 5 heteroatoms. The van der Waals surface area contributed by atoms with E-state index in [0.717, 1.165) is 17.2 Å². The summed E-state index contributed by atoms with van der Waals surface area (Å²) in [5, 5.41) is 7.66. The van der Waals surface area contributed by atoms with E-state index in [4.69, 9.17) is 9.05 Å². The highest BCUT2D eigenvalue weighted by molar-refractivity contribution is 5.53. The van der Waals surface area contributed by atoms with Gasteiger partial charge in [0.05, 0.1) is 12.6 Å². The van der Waals surface area contributed by atoms with Crippen LogP contribution in [0.15, 0.2) is 45.6 Å². The first-order valence-corrected chi connectivity index (χ1v) is 7.71. The second-order valence-corrected chi connectivity index (χ2v) is 5.77. The SMILES string of the molecule is c1cc(Cc2noc(-c3ccc(C4CCCC4)cc3)n2)on1. The third-order valence-corrected chi connectivity index (χ3v) is 4.28. The summed E-state index contributed by atoms with van der Waals surface area (Å²) in [6.45, 7) is 0. The number of benzene rings is 1. The molecule has 0 amide bonds. The molecule has 0 aliphatic heterocycles. The van der Waals surface area contributed by atoms with Gasteiger partial charge in [0.2, 0.25) is 0 Å². The number of aromatic nitrogens is 3. The maximum absolute atomic E-state index is 5.34. The van der Waals surface area contributed by atoms with E-state index in [2.05, 4.69) is 39.6 Å². The van der Waals surface area contributed by atoms with Gasteiger partial charge >= 0.3 is 0 Å². The second kappa shape index (κ2) is 5.75. The van der Waals surface area contributed by atoms with Gasteiger partial charge in [-0.05, 0) is 36.5 Å². The molecule has 1 aliphatic carbocycles. The van der Waals surface area contributed by atoms with Gasteiger partial charge in [-0.15, -0.1) is 0 Å². The fourth-order valence-electron chi connectivity index (χ4n) is 3.09. The largest absolute Gasteiger partial charge is 0.361 e. The van der Waals surface area contributed by atoms with Crippen LogP contribution in [0.2, 0.25) is 0 Å². The van der Waals surface area contributed by atoms with Crippen molar-refractivity contribution in [1.82, 2.24) is 15.3 Å². The molecule has 1 fully saturated rings. The third-order valence-electron chi connectivity index (χ3n) is 4.28. The van der Waals surface area contributed by atoms with E-state index in [1.54, 1.807) is 12.3 Å². The van der Waals surface area contributed by atoms with Crippen LogP contribution in [0.1, 0.15) is 48.7 Å². The smallest absolute Gasteiger partial charge is 0.257 e. The normalized spacial score (nSPS) is 15.5. The van der Waals surface area contributed by atoms with Crippen molar-refractivity contribution < 1.29 is 9.05 Å². The van der Waals surface area contributed by atoms with E-state index in [9.17, 15) is 0 Å². The van der Waals surface area contributed by atoms with E-state index < -0.39 is 0 Å². The summed E-state index contributed by atoms with van der Waals surface area (Å²) in [5.74, 6) is 2.60. The summed E-state index contributed by atoms with van der Waals surface area (Å²) in [6, 6.07) is 10.3. The summed E-state index contributed by atoms with van der Waals surface area (Å²) in [7, 11) is 0. The lowest BCUT2D eigenvalue weighted by molar-refractivity contribution is 0.382. The summed E-state index contributed by atoms with van der Waals surface area (Å²) >= 11 is 0. The molecule has 22 heavy (non-hydrogen) atoms. The minimum absolute atomic E-state index is 0.490. The van der Waals surface area contributed by atoms with E-state index in [1.807, 2.05) is 0 Å². The molecule has 0 bridgehead atoms. The number of hydrogen-bond donors (Lipinski definition) is 0. The monoisotopic (exact) mass is 295 g/mol. The Hall–Kier alpha value is -2.43. The van der Waals surface area contributed by atoms with Gasteiger partial charge in [-0.25, -0.2) is 0 Å². The van der Waals surface area contributed by atoms with Crippen molar-refractivity contribution in [2.24, 2.45) is 0 Å². The Morgan fingerprint density at radius 2 is 1.82 bits per heavy atom. The highest BCUT2D eigenvalue weighted by atomic mass is 16.5. The number of rotatable bonds is 4. The average Bonchev–Trinajstić information content (AvgIpc) is 3.31. The van der Waals surface area contributed by atoms with Crippen LogP contribution in [0.4, 0.5) is 0 Å². The molecule has 5 nitrogen and oxygen atoms in total. The summed E-state index contributed by atoms with van der Waals surface area (Å²) in [4.78, 5) is 4.42. The zero-order valence-corrected chi connectivity index (χ0v) is 12.2. The molecule has 1 aromatic carbocycles. The Morgan fingerprint density at radius 3 is 2.55 bits per heavy atom. The predicted octanol–water partition coefficient (Wildman–Crippen LogP) is 3.97. The molecule has 3 aromatic rings. The molecule has 0 spiro atoms. The lowest BCUT2D eigenvalue weighted by Gasteiger charge is -2.08. The summed E-state index contributed by atoms with van der Waals surface area (Å²) in [6.07, 6.45) is 7.41. The first kappa shape index (κ1) is 13.2. The molecular weight excluding hydrogens is 278 g/mol. The Labute approximate surface area is 128 Å². The molecule has 2 aromatic heterocycles. The number of hydrogen-bond acceptors (Lipinski definition) is 5. The first-order chi connectivity index (χ1) is 10.9. The first-order valence-electron chi connectivity index (χ1n) is 7.71. The van der Waals surface area contributed by atoms with Crippen molar-refractivity contribution in [3.63, 3.8) is 0 Å². The Balaban J connectivity index is 1.50. The van der Waals surface area contributed by atoms with Crippen LogP contribution in [-0.4, -0.2) is 15.3 Å². The van der Waals surface area contributed by atoms with E-state index in [0.29, 0.717) is 18.1 Å². The topological polar surface area (TPSA) is 65.0 Å². The van der Waals surface area contributed by atoms with Crippen LogP contribution in [-0.2, 0) is 6.42 Å². The van der Waals surface area contributed by atoms with E-state index in [1.165, 1.54) is 31.2 Å². The Morgan fingerprint density at radius 1 is 1.00 bits per heavy atom. The highest BCUT2D eigenvalue weighted by Crippen LogP contribution is 2.34.